The number of hydrogen-bond acceptors (Lipinski definition) is 1. The van der Waals surface area contributed by atoms with Gasteiger partial charge >= 0.3 is 0 Å². The SMILES string of the molecule is CCn1cnc(C(C)C)c1C. The van der Waals surface area contributed by atoms with Crippen molar-refractivity contribution in [1.82, 2.24) is 9.55 Å². The van der Waals surface area contributed by atoms with Crippen LogP contribution in [0.1, 0.15) is 38.1 Å². The minimum absolute atomic E-state index is 0.544. The van der Waals surface area contributed by atoms with Gasteiger partial charge in [0.15, 0.2) is 0 Å². The summed E-state index contributed by atoms with van der Waals surface area (Å²) in [4.78, 5) is 4.35. The van der Waals surface area contributed by atoms with Gasteiger partial charge < -0.3 is 4.57 Å². The molecule has 0 unspecified atom stereocenters. The maximum Gasteiger partial charge on any atom is 0.0951 e. The monoisotopic (exact) mass is 152 g/mol. The predicted molar refractivity (Wildman–Crippen MR) is 46.7 cm³/mol. The van der Waals surface area contributed by atoms with Crippen molar-refractivity contribution >= 4 is 0 Å². The molecule has 0 atom stereocenters. The molecular weight excluding hydrogens is 136 g/mol. The molecule has 0 fully saturated rings. The second-order valence-electron chi connectivity index (χ2n) is 3.16. The largest absolute Gasteiger partial charge is 0.335 e. The van der Waals surface area contributed by atoms with Crippen LogP contribution >= 0.6 is 0 Å². The highest BCUT2D eigenvalue weighted by Gasteiger charge is 2.07. The zero-order valence-corrected chi connectivity index (χ0v) is 7.76. The van der Waals surface area contributed by atoms with Crippen molar-refractivity contribution in [2.45, 2.75) is 40.2 Å². The zero-order chi connectivity index (χ0) is 8.43. The third-order valence-corrected chi connectivity index (χ3v) is 2.03. The van der Waals surface area contributed by atoms with E-state index in [0.717, 1.165) is 6.54 Å². The minimum atomic E-state index is 0.544. The first-order valence-electron chi connectivity index (χ1n) is 4.18. The van der Waals surface area contributed by atoms with Crippen molar-refractivity contribution < 1.29 is 0 Å². The Hall–Kier alpha value is -0.790. The number of hydrogen-bond donors (Lipinski definition) is 0. The molecule has 0 aliphatic heterocycles. The molecule has 2 nitrogen and oxygen atoms in total. The molecule has 0 saturated carbocycles. The van der Waals surface area contributed by atoms with Gasteiger partial charge in [-0.25, -0.2) is 4.98 Å². The number of rotatable bonds is 2. The Morgan fingerprint density at radius 2 is 2.18 bits per heavy atom. The Morgan fingerprint density at radius 1 is 1.55 bits per heavy atom. The fourth-order valence-corrected chi connectivity index (χ4v) is 1.34. The van der Waals surface area contributed by atoms with Crippen LogP contribution in [0.25, 0.3) is 0 Å². The molecule has 62 valence electrons. The second-order valence-corrected chi connectivity index (χ2v) is 3.16. The summed E-state index contributed by atoms with van der Waals surface area (Å²) in [6.07, 6.45) is 1.92. The third kappa shape index (κ3) is 1.44. The molecular formula is C9H16N2. The molecule has 0 amide bonds. The van der Waals surface area contributed by atoms with Gasteiger partial charge in [-0.3, -0.25) is 0 Å². The quantitative estimate of drug-likeness (QED) is 0.636. The molecule has 0 bridgehead atoms. The molecule has 1 rings (SSSR count). The highest BCUT2D eigenvalue weighted by molar-refractivity contribution is 5.14. The Morgan fingerprint density at radius 3 is 2.45 bits per heavy atom. The van der Waals surface area contributed by atoms with Crippen molar-refractivity contribution in [3.05, 3.63) is 17.7 Å². The summed E-state index contributed by atoms with van der Waals surface area (Å²) in [5, 5.41) is 0. The summed E-state index contributed by atoms with van der Waals surface area (Å²) in [5.41, 5.74) is 2.54. The van der Waals surface area contributed by atoms with Gasteiger partial charge in [-0.1, -0.05) is 13.8 Å². The van der Waals surface area contributed by atoms with Gasteiger partial charge in [-0.05, 0) is 19.8 Å². The van der Waals surface area contributed by atoms with Gasteiger partial charge in [-0.15, -0.1) is 0 Å². The average Bonchev–Trinajstić information content (AvgIpc) is 2.30. The first kappa shape index (κ1) is 8.31. The minimum Gasteiger partial charge on any atom is -0.335 e. The van der Waals surface area contributed by atoms with Crippen molar-refractivity contribution in [2.24, 2.45) is 0 Å². The smallest absolute Gasteiger partial charge is 0.0951 e. The molecule has 1 heterocycles. The van der Waals surface area contributed by atoms with E-state index in [0.29, 0.717) is 5.92 Å². The third-order valence-electron chi connectivity index (χ3n) is 2.03. The molecule has 1 aromatic rings. The van der Waals surface area contributed by atoms with E-state index in [4.69, 9.17) is 0 Å². The van der Waals surface area contributed by atoms with Gasteiger partial charge in [0.2, 0.25) is 0 Å². The lowest BCUT2D eigenvalue weighted by Crippen LogP contribution is -1.97. The van der Waals surface area contributed by atoms with Crippen molar-refractivity contribution in [1.29, 1.82) is 0 Å². The number of aryl methyl sites for hydroxylation is 1. The topological polar surface area (TPSA) is 17.8 Å². The number of imidazole rings is 1. The van der Waals surface area contributed by atoms with Crippen LogP contribution in [0.15, 0.2) is 6.33 Å². The van der Waals surface area contributed by atoms with E-state index in [-0.39, 0.29) is 0 Å². The van der Waals surface area contributed by atoms with E-state index >= 15 is 0 Å². The molecule has 0 N–H and O–H groups in total. The van der Waals surface area contributed by atoms with E-state index in [1.54, 1.807) is 0 Å². The highest BCUT2D eigenvalue weighted by Crippen LogP contribution is 2.16. The fraction of sp³-hybridized carbons (Fsp3) is 0.667. The van der Waals surface area contributed by atoms with E-state index < -0.39 is 0 Å². The Labute approximate surface area is 68.3 Å². The first-order chi connectivity index (χ1) is 5.16. The Kier molecular flexibility index (Phi) is 2.32. The lowest BCUT2D eigenvalue weighted by molar-refractivity contribution is 0.728. The van der Waals surface area contributed by atoms with E-state index in [2.05, 4.69) is 37.2 Å². The molecule has 0 spiro atoms. The molecule has 1 aromatic heterocycles. The van der Waals surface area contributed by atoms with E-state index in [9.17, 15) is 0 Å². The molecule has 0 aliphatic carbocycles. The summed E-state index contributed by atoms with van der Waals surface area (Å²) in [7, 11) is 0. The van der Waals surface area contributed by atoms with Crippen LogP contribution in [0, 0.1) is 6.92 Å². The van der Waals surface area contributed by atoms with Gasteiger partial charge in [0, 0.05) is 12.2 Å². The maximum atomic E-state index is 4.35. The zero-order valence-electron chi connectivity index (χ0n) is 7.76. The summed E-state index contributed by atoms with van der Waals surface area (Å²) >= 11 is 0. The summed E-state index contributed by atoms with van der Waals surface area (Å²) in [5.74, 6) is 0.544. The second kappa shape index (κ2) is 3.07. The average molecular weight is 152 g/mol. The number of nitrogens with zero attached hydrogens (tertiary/aromatic N) is 2. The summed E-state index contributed by atoms with van der Waals surface area (Å²) < 4.78 is 2.18. The highest BCUT2D eigenvalue weighted by atomic mass is 15.0. The van der Waals surface area contributed by atoms with Crippen molar-refractivity contribution in [3.8, 4) is 0 Å². The Bertz CT molecular complexity index is 236. The van der Waals surface area contributed by atoms with Crippen molar-refractivity contribution in [2.75, 3.05) is 0 Å². The molecule has 0 radical (unpaired) electrons. The van der Waals surface area contributed by atoms with E-state index in [1.165, 1.54) is 11.4 Å². The van der Waals surface area contributed by atoms with Crippen LogP contribution in [0.5, 0.6) is 0 Å². The van der Waals surface area contributed by atoms with Gasteiger partial charge in [0.05, 0.1) is 12.0 Å². The van der Waals surface area contributed by atoms with Crippen LogP contribution in [-0.4, -0.2) is 9.55 Å². The van der Waals surface area contributed by atoms with Crippen LogP contribution in [0.3, 0.4) is 0 Å². The normalized spacial score (nSPS) is 11.0. The predicted octanol–water partition coefficient (Wildman–Crippen LogP) is 2.33. The molecule has 11 heavy (non-hydrogen) atoms. The summed E-state index contributed by atoms with van der Waals surface area (Å²) in [6, 6.07) is 0. The first-order valence-corrected chi connectivity index (χ1v) is 4.18. The maximum absolute atomic E-state index is 4.35. The standard InChI is InChI=1S/C9H16N2/c1-5-11-6-10-9(7(2)3)8(11)4/h6-7H,5H2,1-4H3. The molecule has 0 saturated heterocycles. The fourth-order valence-electron chi connectivity index (χ4n) is 1.34. The Balaban J connectivity index is 3.00. The van der Waals surface area contributed by atoms with Gasteiger partial charge in [0.25, 0.3) is 0 Å². The van der Waals surface area contributed by atoms with Crippen LogP contribution in [-0.2, 0) is 6.54 Å². The van der Waals surface area contributed by atoms with Crippen molar-refractivity contribution in [3.63, 3.8) is 0 Å². The van der Waals surface area contributed by atoms with Crippen LogP contribution < -0.4 is 0 Å². The van der Waals surface area contributed by atoms with Gasteiger partial charge in [0.1, 0.15) is 0 Å². The molecule has 0 aliphatic rings. The number of aromatic nitrogens is 2. The molecule has 2 heteroatoms. The lowest BCUT2D eigenvalue weighted by atomic mass is 10.1. The van der Waals surface area contributed by atoms with E-state index in [1.807, 2.05) is 6.33 Å². The lowest BCUT2D eigenvalue weighted by Gasteiger charge is -2.03. The van der Waals surface area contributed by atoms with Gasteiger partial charge in [-0.2, -0.15) is 0 Å². The summed E-state index contributed by atoms with van der Waals surface area (Å²) in [6.45, 7) is 9.64. The van der Waals surface area contributed by atoms with Crippen LogP contribution in [0.2, 0.25) is 0 Å². The van der Waals surface area contributed by atoms with Crippen LogP contribution in [0.4, 0.5) is 0 Å². The molecule has 0 aromatic carbocycles.